The molecule has 0 bridgehead atoms. The first-order valence-electron chi connectivity index (χ1n) is 9.25. The van der Waals surface area contributed by atoms with E-state index in [-0.39, 0.29) is 18.8 Å². The fourth-order valence-corrected chi connectivity index (χ4v) is 4.86. The minimum atomic E-state index is -0.450. The van der Waals surface area contributed by atoms with Crippen molar-refractivity contribution < 1.29 is 19.7 Å². The number of rotatable bonds is 5. The summed E-state index contributed by atoms with van der Waals surface area (Å²) in [6.45, 7) is -0.0711. The zero-order valence-electron chi connectivity index (χ0n) is 15.3. The summed E-state index contributed by atoms with van der Waals surface area (Å²) in [5.41, 5.74) is 2.12. The van der Waals surface area contributed by atoms with Crippen molar-refractivity contribution in [2.75, 3.05) is 13.7 Å². The molecule has 2 N–H and O–H groups in total. The van der Waals surface area contributed by atoms with E-state index in [0.29, 0.717) is 12.8 Å². The molecule has 0 amide bonds. The quantitative estimate of drug-likeness (QED) is 0.696. The van der Waals surface area contributed by atoms with E-state index < -0.39 is 6.10 Å². The van der Waals surface area contributed by atoms with Crippen LogP contribution in [0.5, 0.6) is 5.75 Å². The Balaban J connectivity index is 1.62. The lowest BCUT2D eigenvalue weighted by molar-refractivity contribution is -0.113. The second-order valence-electron chi connectivity index (χ2n) is 7.05. The van der Waals surface area contributed by atoms with Gasteiger partial charge in [0.1, 0.15) is 5.75 Å². The molecule has 27 heavy (non-hydrogen) atoms. The first kappa shape index (κ1) is 18.4. The molecule has 3 atom stereocenters. The van der Waals surface area contributed by atoms with E-state index in [2.05, 4.69) is 36.4 Å². The van der Waals surface area contributed by atoms with Crippen molar-refractivity contribution in [2.45, 2.75) is 37.6 Å². The summed E-state index contributed by atoms with van der Waals surface area (Å²) in [7, 11) is 1.69. The Morgan fingerprint density at radius 1 is 1.15 bits per heavy atom. The van der Waals surface area contributed by atoms with Crippen LogP contribution in [0.3, 0.4) is 0 Å². The van der Waals surface area contributed by atoms with Gasteiger partial charge >= 0.3 is 0 Å². The number of aliphatic hydroxyl groups is 2. The van der Waals surface area contributed by atoms with Gasteiger partial charge in [0.05, 0.1) is 32.0 Å². The van der Waals surface area contributed by atoms with E-state index in [1.54, 1.807) is 18.4 Å². The average molecular weight is 384 g/mol. The van der Waals surface area contributed by atoms with E-state index >= 15 is 0 Å². The molecule has 4 rings (SSSR count). The summed E-state index contributed by atoms with van der Waals surface area (Å²) in [5.74, 6) is 0.853. The van der Waals surface area contributed by atoms with Gasteiger partial charge in [-0.15, -0.1) is 11.3 Å². The Hall–Kier alpha value is -1.92. The predicted molar refractivity (Wildman–Crippen MR) is 108 cm³/mol. The molecule has 0 spiro atoms. The van der Waals surface area contributed by atoms with Gasteiger partial charge in [0.25, 0.3) is 0 Å². The van der Waals surface area contributed by atoms with Gasteiger partial charge in [0, 0.05) is 28.8 Å². The molecule has 1 saturated heterocycles. The van der Waals surface area contributed by atoms with E-state index in [9.17, 15) is 10.2 Å². The molecule has 0 saturated carbocycles. The normalized spacial score (nSPS) is 22.9. The molecular weight excluding hydrogens is 360 g/mol. The van der Waals surface area contributed by atoms with Gasteiger partial charge in [0.2, 0.25) is 0 Å². The van der Waals surface area contributed by atoms with Gasteiger partial charge in [-0.05, 0) is 40.8 Å². The van der Waals surface area contributed by atoms with Crippen molar-refractivity contribution >= 4 is 21.4 Å². The molecule has 0 radical (unpaired) electrons. The van der Waals surface area contributed by atoms with Crippen LogP contribution in [0.2, 0.25) is 0 Å². The smallest absolute Gasteiger partial charge is 0.122 e. The molecule has 1 fully saturated rings. The van der Waals surface area contributed by atoms with Gasteiger partial charge in [0.15, 0.2) is 0 Å². The van der Waals surface area contributed by atoms with E-state index in [1.165, 1.54) is 15.0 Å². The van der Waals surface area contributed by atoms with Crippen LogP contribution in [0.4, 0.5) is 0 Å². The number of fused-ring (bicyclic) bond motifs is 1. The third-order valence-electron chi connectivity index (χ3n) is 5.10. The van der Waals surface area contributed by atoms with Crippen LogP contribution in [0.1, 0.15) is 34.9 Å². The molecule has 0 aliphatic carbocycles. The highest BCUT2D eigenvalue weighted by atomic mass is 32.1. The summed E-state index contributed by atoms with van der Waals surface area (Å²) >= 11 is 1.80. The Morgan fingerprint density at radius 2 is 2.00 bits per heavy atom. The number of hydrogen-bond acceptors (Lipinski definition) is 5. The third-order valence-corrected chi connectivity index (χ3v) is 6.22. The second kappa shape index (κ2) is 7.98. The molecule has 4 nitrogen and oxygen atoms in total. The Bertz CT molecular complexity index is 887. The van der Waals surface area contributed by atoms with Gasteiger partial charge in [-0.3, -0.25) is 0 Å². The maximum Gasteiger partial charge on any atom is 0.122 e. The number of ether oxygens (including phenoxy) is 2. The van der Waals surface area contributed by atoms with Crippen LogP contribution in [-0.4, -0.2) is 36.1 Å². The van der Waals surface area contributed by atoms with E-state index in [0.717, 1.165) is 23.3 Å². The molecule has 2 aromatic carbocycles. The van der Waals surface area contributed by atoms with Crippen molar-refractivity contribution in [3.05, 3.63) is 64.5 Å². The fourth-order valence-electron chi connectivity index (χ4n) is 3.77. The number of aliphatic hydroxyl groups excluding tert-OH is 2. The highest BCUT2D eigenvalue weighted by Crippen LogP contribution is 2.35. The van der Waals surface area contributed by atoms with Crippen molar-refractivity contribution in [3.63, 3.8) is 0 Å². The monoisotopic (exact) mass is 384 g/mol. The van der Waals surface area contributed by atoms with Crippen molar-refractivity contribution in [2.24, 2.45) is 0 Å². The van der Waals surface area contributed by atoms with Crippen LogP contribution in [-0.2, 0) is 11.2 Å². The Morgan fingerprint density at radius 3 is 2.78 bits per heavy atom. The molecule has 3 aromatic rings. The van der Waals surface area contributed by atoms with E-state index in [4.69, 9.17) is 9.47 Å². The first-order chi connectivity index (χ1) is 13.2. The number of methoxy groups -OCH3 is 1. The molecule has 1 aliphatic rings. The van der Waals surface area contributed by atoms with Crippen molar-refractivity contribution in [1.82, 2.24) is 0 Å². The molecule has 5 heteroatoms. The zero-order valence-corrected chi connectivity index (χ0v) is 16.1. The fraction of sp³-hybridized carbons (Fsp3) is 0.364. The molecular formula is C22H24O4S. The summed E-state index contributed by atoms with van der Waals surface area (Å²) < 4.78 is 12.8. The largest absolute Gasteiger partial charge is 0.496 e. The van der Waals surface area contributed by atoms with Crippen LogP contribution in [0.15, 0.2) is 48.5 Å². The Labute approximate surface area is 163 Å². The van der Waals surface area contributed by atoms with Crippen molar-refractivity contribution in [1.29, 1.82) is 0 Å². The lowest BCUT2D eigenvalue weighted by atomic mass is 9.94. The number of thiophene rings is 1. The SMILES string of the molecule is COc1ccc([C@H]2CC(O)CC(CO)O2)cc1Cc1cc2ccccc2s1. The van der Waals surface area contributed by atoms with Crippen LogP contribution in [0, 0.1) is 0 Å². The topological polar surface area (TPSA) is 58.9 Å². The number of hydrogen-bond donors (Lipinski definition) is 2. The summed E-state index contributed by atoms with van der Waals surface area (Å²) in [6.07, 6.45) is 0.844. The standard InChI is InChI=1S/C22H24O4S/c1-25-20-7-6-14(21-12-17(24)11-18(13-23)26-21)8-16(20)10-19-9-15-4-2-3-5-22(15)27-19/h2-9,17-18,21,23-24H,10-13H2,1H3/t17?,18?,21-/m1/s1. The van der Waals surface area contributed by atoms with Crippen molar-refractivity contribution in [3.8, 4) is 5.75 Å². The van der Waals surface area contributed by atoms with Gasteiger partial charge in [-0.25, -0.2) is 0 Å². The summed E-state index contributed by atoms with van der Waals surface area (Å²) in [6, 6.07) is 16.7. The number of benzene rings is 2. The Kier molecular flexibility index (Phi) is 5.45. The average Bonchev–Trinajstić information content (AvgIpc) is 3.09. The molecule has 2 heterocycles. The first-order valence-corrected chi connectivity index (χ1v) is 10.1. The lowest BCUT2D eigenvalue weighted by Crippen LogP contribution is -2.33. The minimum absolute atomic E-state index is 0.0711. The zero-order chi connectivity index (χ0) is 18.8. The highest BCUT2D eigenvalue weighted by Gasteiger charge is 2.29. The van der Waals surface area contributed by atoms with Crippen LogP contribution in [0.25, 0.3) is 10.1 Å². The van der Waals surface area contributed by atoms with Crippen LogP contribution >= 0.6 is 11.3 Å². The third kappa shape index (κ3) is 4.01. The van der Waals surface area contributed by atoms with Gasteiger partial charge in [-0.1, -0.05) is 24.3 Å². The van der Waals surface area contributed by atoms with Gasteiger partial charge in [-0.2, -0.15) is 0 Å². The maximum absolute atomic E-state index is 10.1. The highest BCUT2D eigenvalue weighted by molar-refractivity contribution is 7.19. The van der Waals surface area contributed by atoms with Crippen LogP contribution < -0.4 is 4.74 Å². The van der Waals surface area contributed by atoms with Gasteiger partial charge < -0.3 is 19.7 Å². The maximum atomic E-state index is 10.1. The lowest BCUT2D eigenvalue weighted by Gasteiger charge is -2.32. The molecule has 2 unspecified atom stereocenters. The summed E-state index contributed by atoms with van der Waals surface area (Å²) in [4.78, 5) is 1.28. The van der Waals surface area contributed by atoms with E-state index in [1.807, 2.05) is 12.1 Å². The predicted octanol–water partition coefficient (Wildman–Crippen LogP) is 4.07. The summed E-state index contributed by atoms with van der Waals surface area (Å²) in [5, 5.41) is 20.8. The molecule has 1 aliphatic heterocycles. The molecule has 142 valence electrons. The molecule has 1 aromatic heterocycles. The second-order valence-corrected chi connectivity index (χ2v) is 8.22. The minimum Gasteiger partial charge on any atom is -0.496 e.